The minimum atomic E-state index is -0.776. The molecule has 1 unspecified atom stereocenters. The minimum Gasteiger partial charge on any atom is -0.478 e. The molecule has 5 nitrogen and oxygen atoms in total. The van der Waals surface area contributed by atoms with Crippen molar-refractivity contribution in [1.29, 1.82) is 0 Å². The van der Waals surface area contributed by atoms with Crippen molar-refractivity contribution in [2.24, 2.45) is 11.3 Å². The number of aliphatic carboxylic acids is 1. The molecule has 0 bridgehead atoms. The summed E-state index contributed by atoms with van der Waals surface area (Å²) in [5.74, 6) is -0.357. The van der Waals surface area contributed by atoms with E-state index >= 15 is 0 Å². The maximum atomic E-state index is 12.0. The number of morpholine rings is 1. The molecule has 0 radical (unpaired) electrons. The van der Waals surface area contributed by atoms with Crippen molar-refractivity contribution in [2.45, 2.75) is 59.5 Å². The molecule has 1 N–H and O–H groups in total. The van der Waals surface area contributed by atoms with Crippen LogP contribution in [0.4, 0.5) is 0 Å². The average Bonchev–Trinajstić information content (AvgIpc) is 3.39. The van der Waals surface area contributed by atoms with Crippen LogP contribution in [0.2, 0.25) is 0 Å². The van der Waals surface area contributed by atoms with Crippen molar-refractivity contribution in [2.75, 3.05) is 32.8 Å². The van der Waals surface area contributed by atoms with Crippen LogP contribution in [0.15, 0.2) is 22.9 Å². The van der Waals surface area contributed by atoms with Gasteiger partial charge in [0.1, 0.15) is 6.17 Å². The molecule has 3 aliphatic rings. The number of nitrogens with zero attached hydrogens (tertiary/aromatic N) is 2. The Bertz CT molecular complexity index is 593. The van der Waals surface area contributed by atoms with Crippen LogP contribution < -0.4 is 0 Å². The SMILES string of the molecule is CC1=CC(N2CCOCC2)N(CCCC(C)(C)C)C(C2CC2)=C1C(=O)O. The van der Waals surface area contributed by atoms with E-state index < -0.39 is 5.97 Å². The van der Waals surface area contributed by atoms with E-state index in [4.69, 9.17) is 4.74 Å². The zero-order chi connectivity index (χ0) is 18.9. The van der Waals surface area contributed by atoms with E-state index in [-0.39, 0.29) is 6.17 Å². The van der Waals surface area contributed by atoms with Gasteiger partial charge in [0.25, 0.3) is 0 Å². The molecule has 1 aliphatic carbocycles. The highest BCUT2D eigenvalue weighted by Crippen LogP contribution is 2.44. The van der Waals surface area contributed by atoms with E-state index in [0.717, 1.165) is 69.8 Å². The standard InChI is InChI=1S/C21H34N2O3/c1-15-14-17(22-10-12-26-13-11-22)23(9-5-8-21(2,3)4)19(16-6-7-16)18(15)20(24)25/h14,16-17H,5-13H2,1-4H3,(H,24,25). The van der Waals surface area contributed by atoms with Crippen molar-refractivity contribution >= 4 is 5.97 Å². The van der Waals surface area contributed by atoms with Gasteiger partial charge in [0.05, 0.1) is 18.8 Å². The first-order chi connectivity index (χ1) is 12.3. The molecule has 3 rings (SSSR count). The lowest BCUT2D eigenvalue weighted by Crippen LogP contribution is -2.53. The van der Waals surface area contributed by atoms with Gasteiger partial charge in [-0.2, -0.15) is 0 Å². The highest BCUT2D eigenvalue weighted by atomic mass is 16.5. The second-order valence-corrected chi connectivity index (χ2v) is 9.11. The number of carboxylic acid groups (broad SMARTS) is 1. The fourth-order valence-electron chi connectivity index (χ4n) is 4.14. The zero-order valence-corrected chi connectivity index (χ0v) is 16.8. The molecule has 146 valence electrons. The summed E-state index contributed by atoms with van der Waals surface area (Å²) in [4.78, 5) is 16.9. The number of hydrogen-bond acceptors (Lipinski definition) is 4. The molecule has 0 spiro atoms. The fraction of sp³-hybridized carbons (Fsp3) is 0.762. The second-order valence-electron chi connectivity index (χ2n) is 9.11. The van der Waals surface area contributed by atoms with Crippen molar-refractivity contribution in [3.8, 4) is 0 Å². The van der Waals surface area contributed by atoms with E-state index in [1.807, 2.05) is 6.92 Å². The van der Waals surface area contributed by atoms with Crippen LogP contribution in [0.5, 0.6) is 0 Å². The van der Waals surface area contributed by atoms with Gasteiger partial charge in [-0.15, -0.1) is 0 Å². The molecule has 2 heterocycles. The Balaban J connectivity index is 1.88. The van der Waals surface area contributed by atoms with Crippen molar-refractivity contribution in [3.63, 3.8) is 0 Å². The molecule has 0 aromatic carbocycles. The van der Waals surface area contributed by atoms with E-state index in [9.17, 15) is 9.90 Å². The highest BCUT2D eigenvalue weighted by Gasteiger charge is 2.41. The van der Waals surface area contributed by atoms with Crippen molar-refractivity contribution in [1.82, 2.24) is 9.80 Å². The lowest BCUT2D eigenvalue weighted by Gasteiger charge is -2.45. The number of allylic oxidation sites excluding steroid dienone is 1. The first-order valence-corrected chi connectivity index (χ1v) is 10.0. The normalized spacial score (nSPS) is 25.5. The summed E-state index contributed by atoms with van der Waals surface area (Å²) in [6.45, 7) is 13.0. The Morgan fingerprint density at radius 2 is 1.92 bits per heavy atom. The number of carbonyl (C=O) groups is 1. The Hall–Kier alpha value is -1.33. The van der Waals surface area contributed by atoms with Gasteiger partial charge in [0.2, 0.25) is 0 Å². The van der Waals surface area contributed by atoms with Gasteiger partial charge >= 0.3 is 5.97 Å². The average molecular weight is 363 g/mol. The van der Waals surface area contributed by atoms with E-state index in [2.05, 4.69) is 36.6 Å². The van der Waals surface area contributed by atoms with Gasteiger partial charge in [-0.1, -0.05) is 20.8 Å². The molecule has 1 saturated heterocycles. The molecule has 0 aromatic heterocycles. The smallest absolute Gasteiger partial charge is 0.337 e. The number of hydrogen-bond donors (Lipinski definition) is 1. The van der Waals surface area contributed by atoms with Crippen LogP contribution >= 0.6 is 0 Å². The van der Waals surface area contributed by atoms with E-state index in [1.165, 1.54) is 0 Å². The molecule has 0 aromatic rings. The maximum absolute atomic E-state index is 12.0. The molecule has 1 atom stereocenters. The van der Waals surface area contributed by atoms with Gasteiger partial charge in [0, 0.05) is 25.3 Å². The summed E-state index contributed by atoms with van der Waals surface area (Å²) in [6, 6.07) is 0. The maximum Gasteiger partial charge on any atom is 0.337 e. The Morgan fingerprint density at radius 3 is 2.46 bits per heavy atom. The first kappa shape index (κ1) is 19.4. The van der Waals surface area contributed by atoms with Gasteiger partial charge in [-0.05, 0) is 55.6 Å². The van der Waals surface area contributed by atoms with Crippen molar-refractivity contribution < 1.29 is 14.6 Å². The lowest BCUT2D eigenvalue weighted by molar-refractivity contribution is -0.132. The van der Waals surface area contributed by atoms with Gasteiger partial charge in [0.15, 0.2) is 0 Å². The predicted octanol–water partition coefficient (Wildman–Crippen LogP) is 3.48. The number of ether oxygens (including phenoxy) is 1. The first-order valence-electron chi connectivity index (χ1n) is 10.0. The number of rotatable bonds is 6. The predicted molar refractivity (Wildman–Crippen MR) is 103 cm³/mol. The third kappa shape index (κ3) is 4.49. The molecule has 5 heteroatoms. The molecule has 26 heavy (non-hydrogen) atoms. The fourth-order valence-corrected chi connectivity index (χ4v) is 4.14. The molecule has 2 fully saturated rings. The van der Waals surface area contributed by atoms with Crippen LogP contribution in [0.3, 0.4) is 0 Å². The van der Waals surface area contributed by atoms with E-state index in [0.29, 0.717) is 16.9 Å². The van der Waals surface area contributed by atoms with Gasteiger partial charge in [-0.3, -0.25) is 4.90 Å². The van der Waals surface area contributed by atoms with E-state index in [1.54, 1.807) is 0 Å². The zero-order valence-electron chi connectivity index (χ0n) is 16.8. The second kappa shape index (κ2) is 7.73. The largest absolute Gasteiger partial charge is 0.478 e. The Morgan fingerprint density at radius 1 is 1.27 bits per heavy atom. The Labute approximate surface area is 157 Å². The third-order valence-corrected chi connectivity index (χ3v) is 5.60. The van der Waals surface area contributed by atoms with Crippen LogP contribution in [-0.4, -0.2) is 59.9 Å². The molecule has 2 aliphatic heterocycles. The minimum absolute atomic E-state index is 0.164. The molecular weight excluding hydrogens is 328 g/mol. The molecular formula is C21H34N2O3. The lowest BCUT2D eigenvalue weighted by atomic mass is 9.90. The van der Waals surface area contributed by atoms with Crippen LogP contribution in [0.1, 0.15) is 53.4 Å². The summed E-state index contributed by atoms with van der Waals surface area (Å²) in [5.41, 5.74) is 2.85. The summed E-state index contributed by atoms with van der Waals surface area (Å²) in [6.07, 6.45) is 6.79. The highest BCUT2D eigenvalue weighted by molar-refractivity contribution is 5.93. The van der Waals surface area contributed by atoms with Crippen LogP contribution in [0.25, 0.3) is 0 Å². The van der Waals surface area contributed by atoms with Crippen LogP contribution in [-0.2, 0) is 9.53 Å². The quantitative estimate of drug-likeness (QED) is 0.784. The van der Waals surface area contributed by atoms with Crippen LogP contribution in [0, 0.1) is 11.3 Å². The summed E-state index contributed by atoms with van der Waals surface area (Å²) < 4.78 is 5.54. The molecule has 0 amide bonds. The summed E-state index contributed by atoms with van der Waals surface area (Å²) in [5, 5.41) is 9.87. The summed E-state index contributed by atoms with van der Waals surface area (Å²) >= 11 is 0. The molecule has 1 saturated carbocycles. The topological polar surface area (TPSA) is 53.0 Å². The Kier molecular flexibility index (Phi) is 5.78. The third-order valence-electron chi connectivity index (χ3n) is 5.60. The number of carboxylic acids is 1. The van der Waals surface area contributed by atoms with Gasteiger partial charge < -0.3 is 14.7 Å². The van der Waals surface area contributed by atoms with Gasteiger partial charge in [-0.25, -0.2) is 4.79 Å². The monoisotopic (exact) mass is 362 g/mol. The van der Waals surface area contributed by atoms with Crippen molar-refractivity contribution in [3.05, 3.63) is 22.9 Å². The summed E-state index contributed by atoms with van der Waals surface area (Å²) in [7, 11) is 0.